The molecule has 1 atom stereocenters. The van der Waals surface area contributed by atoms with Crippen molar-refractivity contribution in [3.05, 3.63) is 47.4 Å². The zero-order valence-corrected chi connectivity index (χ0v) is 15.2. The molecule has 0 radical (unpaired) electrons. The minimum absolute atomic E-state index is 0.0818. The highest BCUT2D eigenvalue weighted by molar-refractivity contribution is 7.89. The Labute approximate surface area is 143 Å². The van der Waals surface area contributed by atoms with Gasteiger partial charge in [0.1, 0.15) is 5.82 Å². The molecule has 7 heteroatoms. The number of aryl methyl sites for hydroxylation is 2. The van der Waals surface area contributed by atoms with Crippen molar-refractivity contribution in [2.75, 3.05) is 13.1 Å². The minimum Gasteiger partial charge on any atom is -0.337 e. The van der Waals surface area contributed by atoms with E-state index in [2.05, 4.69) is 38.9 Å². The zero-order chi connectivity index (χ0) is 17.3. The molecular weight excluding hydrogens is 324 g/mol. The van der Waals surface area contributed by atoms with E-state index in [-0.39, 0.29) is 11.1 Å². The van der Waals surface area contributed by atoms with E-state index < -0.39 is 10.0 Å². The van der Waals surface area contributed by atoms with Crippen molar-refractivity contribution in [1.29, 1.82) is 0 Å². The van der Waals surface area contributed by atoms with Gasteiger partial charge in [0.2, 0.25) is 0 Å². The highest BCUT2D eigenvalue weighted by atomic mass is 32.2. The molecule has 2 aromatic rings. The van der Waals surface area contributed by atoms with Crippen molar-refractivity contribution in [2.24, 2.45) is 7.05 Å². The Bertz CT molecular complexity index is 809. The summed E-state index contributed by atoms with van der Waals surface area (Å²) >= 11 is 0. The lowest BCUT2D eigenvalue weighted by molar-refractivity contribution is 0.237. The Morgan fingerprint density at radius 1 is 1.29 bits per heavy atom. The Hall–Kier alpha value is -1.70. The van der Waals surface area contributed by atoms with E-state index in [1.54, 1.807) is 24.7 Å². The summed E-state index contributed by atoms with van der Waals surface area (Å²) in [5, 5.41) is 0.0818. The normalized spacial score (nSPS) is 16.8. The van der Waals surface area contributed by atoms with Crippen molar-refractivity contribution in [3.63, 3.8) is 0 Å². The summed E-state index contributed by atoms with van der Waals surface area (Å²) in [6.07, 6.45) is 2.55. The van der Waals surface area contributed by atoms with Crippen LogP contribution in [0.1, 0.15) is 23.9 Å². The van der Waals surface area contributed by atoms with Crippen LogP contribution in [0.2, 0.25) is 0 Å². The number of rotatable bonds is 5. The molecule has 0 aliphatic carbocycles. The molecule has 1 N–H and O–H groups in total. The summed E-state index contributed by atoms with van der Waals surface area (Å²) in [5.41, 5.74) is 2.73. The number of fused-ring (bicyclic) bond motifs is 1. The zero-order valence-electron chi connectivity index (χ0n) is 14.4. The van der Waals surface area contributed by atoms with Crippen LogP contribution >= 0.6 is 0 Å². The van der Waals surface area contributed by atoms with Gasteiger partial charge in [-0.2, -0.15) is 0 Å². The maximum atomic E-state index is 12.4. The molecule has 130 valence electrons. The molecule has 1 aliphatic rings. The lowest BCUT2D eigenvalue weighted by Crippen LogP contribution is -2.43. The van der Waals surface area contributed by atoms with Gasteiger partial charge >= 0.3 is 0 Å². The van der Waals surface area contributed by atoms with Crippen LogP contribution in [0.25, 0.3) is 0 Å². The number of sulfonamides is 1. The van der Waals surface area contributed by atoms with Gasteiger partial charge in [-0.05, 0) is 31.4 Å². The van der Waals surface area contributed by atoms with E-state index >= 15 is 0 Å². The summed E-state index contributed by atoms with van der Waals surface area (Å²) in [6.45, 7) is 6.18. The topological polar surface area (TPSA) is 67.2 Å². The van der Waals surface area contributed by atoms with Crippen LogP contribution in [0.3, 0.4) is 0 Å². The van der Waals surface area contributed by atoms with Gasteiger partial charge in [-0.25, -0.2) is 18.1 Å². The molecule has 3 rings (SSSR count). The highest BCUT2D eigenvalue weighted by Crippen LogP contribution is 2.18. The maximum absolute atomic E-state index is 12.4. The molecule has 1 aromatic carbocycles. The lowest BCUT2D eigenvalue weighted by atomic mass is 10.00. The first kappa shape index (κ1) is 17.1. The first-order chi connectivity index (χ1) is 11.3. The van der Waals surface area contributed by atoms with Gasteiger partial charge in [0, 0.05) is 38.9 Å². The quantitative estimate of drug-likeness (QED) is 0.888. The fourth-order valence-corrected chi connectivity index (χ4v) is 4.39. The molecule has 1 unspecified atom stereocenters. The number of nitrogens with one attached hydrogen (secondary N) is 1. The first-order valence-corrected chi connectivity index (χ1v) is 9.65. The first-order valence-electron chi connectivity index (χ1n) is 8.16. The summed E-state index contributed by atoms with van der Waals surface area (Å²) in [7, 11) is -1.79. The number of aromatic nitrogens is 2. The van der Waals surface area contributed by atoms with Crippen LogP contribution in [0.15, 0.2) is 35.5 Å². The molecule has 2 heterocycles. The van der Waals surface area contributed by atoms with Crippen LogP contribution < -0.4 is 4.72 Å². The molecule has 24 heavy (non-hydrogen) atoms. The monoisotopic (exact) mass is 348 g/mol. The molecule has 0 bridgehead atoms. The third-order valence-electron chi connectivity index (χ3n) is 4.46. The number of benzene rings is 1. The third kappa shape index (κ3) is 3.68. The van der Waals surface area contributed by atoms with Gasteiger partial charge < -0.3 is 4.57 Å². The van der Waals surface area contributed by atoms with Crippen LogP contribution in [-0.2, 0) is 30.0 Å². The molecule has 0 saturated carbocycles. The fraction of sp³-hybridized carbons (Fsp3) is 0.471. The maximum Gasteiger partial charge on any atom is 0.259 e. The van der Waals surface area contributed by atoms with E-state index in [0.29, 0.717) is 12.4 Å². The lowest BCUT2D eigenvalue weighted by Gasteiger charge is -2.30. The molecule has 1 aliphatic heterocycles. The number of nitrogens with zero attached hydrogens (tertiary/aromatic N) is 3. The van der Waals surface area contributed by atoms with Gasteiger partial charge in [-0.1, -0.05) is 24.3 Å². The number of hydrogen-bond donors (Lipinski definition) is 1. The Kier molecular flexibility index (Phi) is 4.76. The number of hydrogen-bond acceptors (Lipinski definition) is 4. The van der Waals surface area contributed by atoms with Crippen LogP contribution in [-0.4, -0.2) is 42.0 Å². The van der Waals surface area contributed by atoms with E-state index in [0.717, 1.165) is 19.5 Å². The second-order valence-electron chi connectivity index (χ2n) is 6.51. The standard InChI is InChI=1S/C17H24N4O2S/c1-13(19-24(22,23)17-12-20(3)14(2)18-17)10-21-9-8-15-6-4-5-7-16(15)11-21/h4-7,12-13,19H,8-11H2,1-3H3. The van der Waals surface area contributed by atoms with Gasteiger partial charge in [0.25, 0.3) is 10.0 Å². The molecule has 0 spiro atoms. The average molecular weight is 348 g/mol. The Balaban J connectivity index is 1.63. The SMILES string of the molecule is Cc1nc(S(=O)(=O)NC(C)CN2CCc3ccccc3C2)cn1C. The molecule has 0 fully saturated rings. The second-order valence-corrected chi connectivity index (χ2v) is 8.17. The van der Waals surface area contributed by atoms with Gasteiger partial charge in [-0.3, -0.25) is 4.90 Å². The summed E-state index contributed by atoms with van der Waals surface area (Å²) in [4.78, 5) is 6.40. The van der Waals surface area contributed by atoms with Gasteiger partial charge in [-0.15, -0.1) is 0 Å². The van der Waals surface area contributed by atoms with Crippen molar-refractivity contribution >= 4 is 10.0 Å². The highest BCUT2D eigenvalue weighted by Gasteiger charge is 2.23. The summed E-state index contributed by atoms with van der Waals surface area (Å²) in [5.74, 6) is 0.677. The van der Waals surface area contributed by atoms with Crippen molar-refractivity contribution < 1.29 is 8.42 Å². The molecular formula is C17H24N4O2S. The molecule has 1 aromatic heterocycles. The second kappa shape index (κ2) is 6.66. The average Bonchev–Trinajstić information content (AvgIpc) is 2.87. The van der Waals surface area contributed by atoms with Crippen molar-refractivity contribution in [3.8, 4) is 0 Å². The van der Waals surface area contributed by atoms with E-state index in [1.807, 2.05) is 6.92 Å². The summed E-state index contributed by atoms with van der Waals surface area (Å²) in [6, 6.07) is 8.26. The predicted molar refractivity (Wildman–Crippen MR) is 93.2 cm³/mol. The minimum atomic E-state index is -3.58. The van der Waals surface area contributed by atoms with Crippen molar-refractivity contribution in [2.45, 2.75) is 37.9 Å². The van der Waals surface area contributed by atoms with Crippen LogP contribution in [0.5, 0.6) is 0 Å². The fourth-order valence-electron chi connectivity index (χ4n) is 3.12. The summed E-state index contributed by atoms with van der Waals surface area (Å²) < 4.78 is 29.3. The molecule has 6 nitrogen and oxygen atoms in total. The van der Waals surface area contributed by atoms with E-state index in [4.69, 9.17) is 0 Å². The smallest absolute Gasteiger partial charge is 0.259 e. The molecule has 0 amide bonds. The predicted octanol–water partition coefficient (Wildman–Crippen LogP) is 1.45. The van der Waals surface area contributed by atoms with E-state index in [1.165, 1.54) is 11.1 Å². The Morgan fingerprint density at radius 2 is 2.00 bits per heavy atom. The number of imidazole rings is 1. The van der Waals surface area contributed by atoms with Crippen molar-refractivity contribution in [1.82, 2.24) is 19.2 Å². The van der Waals surface area contributed by atoms with Gasteiger partial charge in [0.15, 0.2) is 5.03 Å². The third-order valence-corrected chi connectivity index (χ3v) is 5.92. The van der Waals surface area contributed by atoms with E-state index in [9.17, 15) is 8.42 Å². The van der Waals surface area contributed by atoms with Gasteiger partial charge in [0.05, 0.1) is 0 Å². The van der Waals surface area contributed by atoms with Crippen LogP contribution in [0, 0.1) is 6.92 Å². The van der Waals surface area contributed by atoms with Crippen LogP contribution in [0.4, 0.5) is 0 Å². The Morgan fingerprint density at radius 3 is 2.67 bits per heavy atom. The molecule has 0 saturated heterocycles. The largest absolute Gasteiger partial charge is 0.337 e.